The summed E-state index contributed by atoms with van der Waals surface area (Å²) in [6, 6.07) is 7.31. The molecule has 1 fully saturated rings. The van der Waals surface area contributed by atoms with Gasteiger partial charge in [0.05, 0.1) is 5.41 Å². The molecule has 228 valence electrons. The van der Waals surface area contributed by atoms with Crippen LogP contribution in [0.3, 0.4) is 0 Å². The highest BCUT2D eigenvalue weighted by atomic mass is 16.5. The van der Waals surface area contributed by atoms with Gasteiger partial charge in [-0.2, -0.15) is 0 Å². The van der Waals surface area contributed by atoms with Gasteiger partial charge < -0.3 is 4.74 Å². The van der Waals surface area contributed by atoms with Crippen molar-refractivity contribution in [2.45, 2.75) is 178 Å². The highest BCUT2D eigenvalue weighted by Gasteiger charge is 2.38. The van der Waals surface area contributed by atoms with Crippen molar-refractivity contribution in [2.75, 3.05) is 0 Å². The summed E-state index contributed by atoms with van der Waals surface area (Å²) in [4.78, 5) is 12.5. The first-order valence-corrected chi connectivity index (χ1v) is 16.7. The van der Waals surface area contributed by atoms with E-state index in [1.165, 1.54) is 43.2 Å². The first-order valence-electron chi connectivity index (χ1n) is 16.7. The van der Waals surface area contributed by atoms with E-state index in [4.69, 9.17) is 4.74 Å². The van der Waals surface area contributed by atoms with Crippen molar-refractivity contribution in [3.05, 3.63) is 34.9 Å². The Morgan fingerprint density at radius 1 is 0.846 bits per heavy atom. The molecule has 39 heavy (non-hydrogen) atoms. The van der Waals surface area contributed by atoms with Gasteiger partial charge in [0.2, 0.25) is 0 Å². The zero-order valence-corrected chi connectivity index (χ0v) is 28.6. The number of carbonyl (C=O) groups excluding carboxylic acids is 1. The molecular weight excluding hydrogens is 476 g/mol. The molecule has 2 heteroatoms. The van der Waals surface area contributed by atoms with Crippen molar-refractivity contribution >= 4 is 5.97 Å². The lowest BCUT2D eigenvalue weighted by atomic mass is 9.75. The molecule has 0 spiro atoms. The van der Waals surface area contributed by atoms with Gasteiger partial charge in [-0.25, -0.2) is 0 Å². The molecule has 2 rings (SSSR count). The van der Waals surface area contributed by atoms with Crippen LogP contribution in [0.5, 0.6) is 0 Å². The lowest BCUT2D eigenvalue weighted by Gasteiger charge is -2.34. The van der Waals surface area contributed by atoms with Gasteiger partial charge in [0.1, 0.15) is 6.10 Å². The van der Waals surface area contributed by atoms with Gasteiger partial charge in [-0.3, -0.25) is 4.79 Å². The van der Waals surface area contributed by atoms with Crippen molar-refractivity contribution in [1.82, 2.24) is 0 Å². The van der Waals surface area contributed by atoms with Gasteiger partial charge in [-0.15, -0.1) is 0 Å². The molecule has 1 aromatic rings. The van der Waals surface area contributed by atoms with Crippen LogP contribution in [0, 0.1) is 17.3 Å². The largest absolute Gasteiger partial charge is 0.462 e. The van der Waals surface area contributed by atoms with Crippen LogP contribution < -0.4 is 0 Å². The van der Waals surface area contributed by atoms with E-state index in [0.717, 1.165) is 43.9 Å². The van der Waals surface area contributed by atoms with Crippen LogP contribution in [0.1, 0.15) is 189 Å². The normalized spacial score (nSPS) is 16.3. The molecule has 1 saturated carbocycles. The van der Waals surface area contributed by atoms with Crippen LogP contribution in [0.15, 0.2) is 18.2 Å². The molecule has 0 amide bonds. The molecule has 0 N–H and O–H groups in total. The summed E-state index contributed by atoms with van der Waals surface area (Å²) in [7, 11) is 0. The van der Waals surface area contributed by atoms with Gasteiger partial charge in [-0.1, -0.05) is 121 Å². The molecular formula is C37H68O2. The molecule has 1 aliphatic rings. The van der Waals surface area contributed by atoms with Crippen molar-refractivity contribution in [3.8, 4) is 0 Å². The molecule has 2 atom stereocenters. The minimum Gasteiger partial charge on any atom is -0.462 e. The molecule has 0 aliphatic heterocycles. The van der Waals surface area contributed by atoms with Crippen molar-refractivity contribution < 1.29 is 9.53 Å². The fraction of sp³-hybridized carbons (Fsp3) is 0.811. The lowest BCUT2D eigenvalue weighted by Crippen LogP contribution is -2.37. The minimum absolute atomic E-state index is 0.0397. The fourth-order valence-electron chi connectivity index (χ4n) is 5.35. The molecule has 0 radical (unpaired) electrons. The maximum atomic E-state index is 12.5. The maximum Gasteiger partial charge on any atom is 0.312 e. The molecule has 0 heterocycles. The monoisotopic (exact) mass is 545 g/mol. The number of unbranched alkanes of at least 4 members (excludes halogenated alkanes) is 1. The SMILES string of the molecule is CC.CCC(CC(C)C)c1cc(C(C)C)cc(C(C)C)c1.CCCCC(C)(C(=O)OC1CCCCC1)C(C)C. The van der Waals surface area contributed by atoms with E-state index in [-0.39, 0.29) is 17.5 Å². The summed E-state index contributed by atoms with van der Waals surface area (Å²) in [5.74, 6) is 3.12. The van der Waals surface area contributed by atoms with Gasteiger partial charge in [0, 0.05) is 0 Å². The summed E-state index contributed by atoms with van der Waals surface area (Å²) in [6.07, 6.45) is 11.8. The lowest BCUT2D eigenvalue weighted by molar-refractivity contribution is -0.165. The maximum absolute atomic E-state index is 12.5. The smallest absolute Gasteiger partial charge is 0.312 e. The second kappa shape index (κ2) is 19.7. The highest BCUT2D eigenvalue weighted by Crippen LogP contribution is 2.36. The van der Waals surface area contributed by atoms with E-state index < -0.39 is 0 Å². The minimum atomic E-state index is -0.298. The Morgan fingerprint density at radius 2 is 1.33 bits per heavy atom. The Hall–Kier alpha value is -1.31. The zero-order chi connectivity index (χ0) is 30.2. The Balaban J connectivity index is 0.000000697. The van der Waals surface area contributed by atoms with Crippen LogP contribution >= 0.6 is 0 Å². The third kappa shape index (κ3) is 13.3. The number of esters is 1. The number of benzene rings is 1. The van der Waals surface area contributed by atoms with Crippen LogP contribution in [0.25, 0.3) is 0 Å². The summed E-state index contributed by atoms with van der Waals surface area (Å²) in [5, 5.41) is 0. The number of carbonyl (C=O) groups is 1. The Morgan fingerprint density at radius 3 is 1.72 bits per heavy atom. The standard InChI is InChI=1S/C19H32.C16H30O2.C2H6/c1-8-16(9-13(2)3)19-11-17(14(4)5)10-18(12-19)15(6)7;1-5-6-12-16(4,13(2)3)15(17)18-14-10-8-7-9-11-14;1-2/h10-16H,8-9H2,1-7H3;13-14H,5-12H2,1-4H3;1-2H3. The van der Waals surface area contributed by atoms with E-state index in [1.54, 1.807) is 5.56 Å². The zero-order valence-electron chi connectivity index (χ0n) is 28.6. The van der Waals surface area contributed by atoms with Crippen LogP contribution in [-0.2, 0) is 9.53 Å². The van der Waals surface area contributed by atoms with Crippen LogP contribution in [0.2, 0.25) is 0 Å². The molecule has 2 nitrogen and oxygen atoms in total. The van der Waals surface area contributed by atoms with Gasteiger partial charge in [-0.05, 0) is 98.1 Å². The summed E-state index contributed by atoms with van der Waals surface area (Å²) >= 11 is 0. The summed E-state index contributed by atoms with van der Waals surface area (Å²) < 4.78 is 5.78. The van der Waals surface area contributed by atoms with Crippen LogP contribution in [-0.4, -0.2) is 12.1 Å². The average Bonchev–Trinajstić information content (AvgIpc) is 2.91. The summed E-state index contributed by atoms with van der Waals surface area (Å²) in [5.41, 5.74) is 4.27. The molecule has 0 bridgehead atoms. The van der Waals surface area contributed by atoms with E-state index in [2.05, 4.69) is 94.4 Å². The average molecular weight is 545 g/mol. The third-order valence-electron chi connectivity index (χ3n) is 8.67. The van der Waals surface area contributed by atoms with Gasteiger partial charge in [0.15, 0.2) is 0 Å². The number of ether oxygens (including phenoxy) is 1. The van der Waals surface area contributed by atoms with E-state index in [9.17, 15) is 4.79 Å². The third-order valence-corrected chi connectivity index (χ3v) is 8.67. The fourth-order valence-corrected chi connectivity index (χ4v) is 5.35. The van der Waals surface area contributed by atoms with E-state index >= 15 is 0 Å². The molecule has 1 aliphatic carbocycles. The van der Waals surface area contributed by atoms with Crippen molar-refractivity contribution in [1.29, 1.82) is 0 Å². The van der Waals surface area contributed by atoms with Crippen molar-refractivity contribution in [3.63, 3.8) is 0 Å². The number of rotatable bonds is 12. The second-order valence-corrected chi connectivity index (χ2v) is 13.3. The predicted molar refractivity (Wildman–Crippen MR) is 174 cm³/mol. The Kier molecular flexibility index (Phi) is 19.1. The first kappa shape index (κ1) is 37.7. The Labute approximate surface area is 245 Å². The van der Waals surface area contributed by atoms with E-state index in [1.807, 2.05) is 13.8 Å². The number of hydrogen-bond donors (Lipinski definition) is 0. The first-order chi connectivity index (χ1) is 18.3. The van der Waals surface area contributed by atoms with Crippen molar-refractivity contribution in [2.24, 2.45) is 17.3 Å². The predicted octanol–water partition coefficient (Wildman–Crippen LogP) is 12.2. The van der Waals surface area contributed by atoms with Crippen LogP contribution in [0.4, 0.5) is 0 Å². The Bertz CT molecular complexity index is 743. The second-order valence-electron chi connectivity index (χ2n) is 13.3. The molecule has 0 aromatic heterocycles. The number of hydrogen-bond acceptors (Lipinski definition) is 2. The molecule has 1 aromatic carbocycles. The van der Waals surface area contributed by atoms with Gasteiger partial charge in [0.25, 0.3) is 0 Å². The quantitative estimate of drug-likeness (QED) is 0.245. The summed E-state index contributed by atoms with van der Waals surface area (Å²) in [6.45, 7) is 28.7. The topological polar surface area (TPSA) is 26.3 Å². The molecule has 2 unspecified atom stereocenters. The van der Waals surface area contributed by atoms with E-state index in [0.29, 0.717) is 17.8 Å². The highest BCUT2D eigenvalue weighted by molar-refractivity contribution is 5.76. The van der Waals surface area contributed by atoms with Gasteiger partial charge >= 0.3 is 5.97 Å². The molecule has 0 saturated heterocycles.